The second-order valence-electron chi connectivity index (χ2n) is 3.90. The molecule has 3 rings (SSSR count). The van der Waals surface area contributed by atoms with E-state index in [9.17, 15) is 0 Å². The van der Waals surface area contributed by atoms with Gasteiger partial charge in [0.05, 0.1) is 10.5 Å². The largest absolute Gasteiger partial charge is 0.337 e. The van der Waals surface area contributed by atoms with Crippen molar-refractivity contribution in [3.63, 3.8) is 0 Å². The highest BCUT2D eigenvalue weighted by Gasteiger charge is 2.09. The second-order valence-corrected chi connectivity index (χ2v) is 4.67. The highest BCUT2D eigenvalue weighted by Crippen LogP contribution is 2.25. The minimum atomic E-state index is 0.258. The summed E-state index contributed by atoms with van der Waals surface area (Å²) in [6.07, 6.45) is 1.74. The number of pyridine rings is 2. The van der Waals surface area contributed by atoms with Gasteiger partial charge >= 0.3 is 0 Å². The van der Waals surface area contributed by atoms with Crippen molar-refractivity contribution in [2.75, 3.05) is 0 Å². The third-order valence-electron chi connectivity index (χ3n) is 2.55. The minimum absolute atomic E-state index is 0.258. The van der Waals surface area contributed by atoms with E-state index in [-0.39, 0.29) is 5.15 Å². The van der Waals surface area contributed by atoms with Crippen LogP contribution in [-0.4, -0.2) is 19.9 Å². The number of halogens is 2. The van der Waals surface area contributed by atoms with Gasteiger partial charge in [-0.25, -0.2) is 9.97 Å². The van der Waals surface area contributed by atoms with Gasteiger partial charge in [0.2, 0.25) is 0 Å². The quantitative estimate of drug-likeness (QED) is 0.692. The molecule has 0 atom stereocenters. The molecule has 1 N–H and O–H groups in total. The van der Waals surface area contributed by atoms with Gasteiger partial charge in [0, 0.05) is 17.5 Å². The highest BCUT2D eigenvalue weighted by molar-refractivity contribution is 6.41. The predicted octanol–water partition coefficient (Wildman–Crippen LogP) is 3.64. The molecule has 90 valence electrons. The minimum Gasteiger partial charge on any atom is -0.337 e. The molecule has 0 radical (unpaired) electrons. The highest BCUT2D eigenvalue weighted by atomic mass is 35.5. The van der Waals surface area contributed by atoms with Crippen molar-refractivity contribution < 1.29 is 0 Å². The Bertz CT molecular complexity index is 697. The van der Waals surface area contributed by atoms with E-state index >= 15 is 0 Å². The van der Waals surface area contributed by atoms with Gasteiger partial charge in [-0.05, 0) is 25.1 Å². The summed E-state index contributed by atoms with van der Waals surface area (Å²) < 4.78 is 0. The molecular weight excluding hydrogens is 271 g/mol. The third kappa shape index (κ3) is 1.94. The fourth-order valence-electron chi connectivity index (χ4n) is 1.73. The molecule has 4 nitrogen and oxygen atoms in total. The zero-order chi connectivity index (χ0) is 12.7. The maximum absolute atomic E-state index is 5.92. The number of hydrogen-bond donors (Lipinski definition) is 1. The Kier molecular flexibility index (Phi) is 2.69. The first kappa shape index (κ1) is 11.4. The molecular formula is C12H8Cl2N4. The van der Waals surface area contributed by atoms with E-state index in [2.05, 4.69) is 19.9 Å². The maximum Gasteiger partial charge on any atom is 0.179 e. The van der Waals surface area contributed by atoms with Crippen molar-refractivity contribution in [1.29, 1.82) is 0 Å². The molecule has 0 bridgehead atoms. The molecule has 3 heterocycles. The molecule has 0 spiro atoms. The van der Waals surface area contributed by atoms with Crippen LogP contribution in [-0.2, 0) is 0 Å². The normalized spacial score (nSPS) is 11.1. The molecule has 3 aromatic rings. The zero-order valence-corrected chi connectivity index (χ0v) is 10.9. The number of H-pyrrole nitrogens is 1. The van der Waals surface area contributed by atoms with Gasteiger partial charge in [-0.15, -0.1) is 0 Å². The molecule has 0 saturated heterocycles. The van der Waals surface area contributed by atoms with Gasteiger partial charge in [0.15, 0.2) is 5.65 Å². The fraction of sp³-hybridized carbons (Fsp3) is 0.0833. The van der Waals surface area contributed by atoms with Gasteiger partial charge in [-0.3, -0.25) is 4.98 Å². The van der Waals surface area contributed by atoms with Crippen LogP contribution in [0.3, 0.4) is 0 Å². The van der Waals surface area contributed by atoms with E-state index in [1.807, 2.05) is 19.1 Å². The van der Waals surface area contributed by atoms with Crippen LogP contribution in [0.2, 0.25) is 10.2 Å². The van der Waals surface area contributed by atoms with E-state index in [4.69, 9.17) is 23.2 Å². The van der Waals surface area contributed by atoms with Crippen LogP contribution in [0.1, 0.15) is 5.69 Å². The van der Waals surface area contributed by atoms with E-state index < -0.39 is 0 Å². The van der Waals surface area contributed by atoms with Crippen molar-refractivity contribution in [1.82, 2.24) is 19.9 Å². The van der Waals surface area contributed by atoms with Gasteiger partial charge in [-0.2, -0.15) is 0 Å². The average molecular weight is 279 g/mol. The fourth-order valence-corrected chi connectivity index (χ4v) is 2.01. The molecule has 0 aliphatic carbocycles. The van der Waals surface area contributed by atoms with Crippen LogP contribution >= 0.6 is 23.2 Å². The Morgan fingerprint density at radius 3 is 2.78 bits per heavy atom. The number of fused-ring (bicyclic) bond motifs is 1. The third-order valence-corrected chi connectivity index (χ3v) is 3.23. The van der Waals surface area contributed by atoms with Gasteiger partial charge in [0.1, 0.15) is 11.0 Å². The van der Waals surface area contributed by atoms with Crippen molar-refractivity contribution >= 4 is 34.4 Å². The monoisotopic (exact) mass is 278 g/mol. The maximum atomic E-state index is 5.92. The van der Waals surface area contributed by atoms with E-state index in [1.54, 1.807) is 12.3 Å². The Morgan fingerprint density at radius 1 is 1.17 bits per heavy atom. The average Bonchev–Trinajstić information content (AvgIpc) is 2.73. The van der Waals surface area contributed by atoms with Crippen LogP contribution in [0.5, 0.6) is 0 Å². The number of imidazole rings is 1. The molecule has 6 heteroatoms. The molecule has 18 heavy (non-hydrogen) atoms. The van der Waals surface area contributed by atoms with Gasteiger partial charge < -0.3 is 4.98 Å². The first-order valence-corrected chi connectivity index (χ1v) is 6.04. The van der Waals surface area contributed by atoms with Crippen molar-refractivity contribution in [3.8, 4) is 11.4 Å². The molecule has 3 aromatic heterocycles. The lowest BCUT2D eigenvalue weighted by Crippen LogP contribution is -1.84. The Balaban J connectivity index is 2.19. The number of nitrogens with one attached hydrogen (secondary N) is 1. The molecule has 0 unspecified atom stereocenters. The molecule has 0 aliphatic heterocycles. The summed E-state index contributed by atoms with van der Waals surface area (Å²) in [5.74, 6) is 0.723. The lowest BCUT2D eigenvalue weighted by Gasteiger charge is -1.96. The number of aromatic nitrogens is 4. The summed E-state index contributed by atoms with van der Waals surface area (Å²) >= 11 is 11.8. The summed E-state index contributed by atoms with van der Waals surface area (Å²) in [6.45, 7) is 1.93. The number of rotatable bonds is 1. The number of nitrogens with zero attached hydrogens (tertiary/aromatic N) is 3. The van der Waals surface area contributed by atoms with Crippen molar-refractivity contribution in [2.24, 2.45) is 0 Å². The summed E-state index contributed by atoms with van der Waals surface area (Å²) in [4.78, 5) is 15.8. The molecule has 0 aromatic carbocycles. The standard InChI is InChI=1S/C12H8Cl2N4/c1-6-4-7(2-3-15-6)11-16-9-5-8(13)10(14)17-12(9)18-11/h2-5H,1H3,(H,16,17,18). The first-order chi connectivity index (χ1) is 8.63. The molecule has 0 fully saturated rings. The summed E-state index contributed by atoms with van der Waals surface area (Å²) in [7, 11) is 0. The van der Waals surface area contributed by atoms with Crippen LogP contribution in [0.4, 0.5) is 0 Å². The van der Waals surface area contributed by atoms with Crippen LogP contribution in [0.25, 0.3) is 22.6 Å². The summed E-state index contributed by atoms with van der Waals surface area (Å²) in [5.41, 5.74) is 3.19. The van der Waals surface area contributed by atoms with Crippen LogP contribution < -0.4 is 0 Å². The van der Waals surface area contributed by atoms with E-state index in [1.165, 1.54) is 0 Å². The number of hydrogen-bond acceptors (Lipinski definition) is 3. The summed E-state index contributed by atoms with van der Waals surface area (Å²) in [5, 5.41) is 0.665. The second kappa shape index (κ2) is 4.23. The van der Waals surface area contributed by atoms with E-state index in [0.29, 0.717) is 10.7 Å². The molecule has 0 saturated carbocycles. The smallest absolute Gasteiger partial charge is 0.179 e. The lowest BCUT2D eigenvalue weighted by molar-refractivity contribution is 1.19. The number of aromatic amines is 1. The Hall–Kier alpha value is -1.65. The van der Waals surface area contributed by atoms with Crippen LogP contribution in [0, 0.1) is 6.92 Å². The Morgan fingerprint density at radius 2 is 2.00 bits per heavy atom. The van der Waals surface area contributed by atoms with Crippen molar-refractivity contribution in [3.05, 3.63) is 40.3 Å². The predicted molar refractivity (Wildman–Crippen MR) is 71.9 cm³/mol. The lowest BCUT2D eigenvalue weighted by atomic mass is 10.2. The SMILES string of the molecule is Cc1cc(-c2nc3nc(Cl)c(Cl)cc3[nH]2)ccn1. The van der Waals surface area contributed by atoms with Crippen molar-refractivity contribution in [2.45, 2.75) is 6.92 Å². The number of aryl methyl sites for hydroxylation is 1. The molecule has 0 amide bonds. The molecule has 0 aliphatic rings. The summed E-state index contributed by atoms with van der Waals surface area (Å²) in [6, 6.07) is 5.55. The Labute approximate surface area is 113 Å². The van der Waals surface area contributed by atoms with Crippen LogP contribution in [0.15, 0.2) is 24.4 Å². The van der Waals surface area contributed by atoms with Gasteiger partial charge in [0.25, 0.3) is 0 Å². The first-order valence-electron chi connectivity index (χ1n) is 5.28. The topological polar surface area (TPSA) is 54.5 Å². The van der Waals surface area contributed by atoms with Gasteiger partial charge in [-0.1, -0.05) is 23.2 Å². The zero-order valence-electron chi connectivity index (χ0n) is 9.41. The van der Waals surface area contributed by atoms with E-state index in [0.717, 1.165) is 22.6 Å².